The first-order valence-corrected chi connectivity index (χ1v) is 12.3. The molecule has 0 unspecified atom stereocenters. The Morgan fingerprint density at radius 2 is 1.56 bits per heavy atom. The minimum absolute atomic E-state index is 0.0666. The van der Waals surface area contributed by atoms with Crippen LogP contribution in [0.1, 0.15) is 0 Å². The van der Waals surface area contributed by atoms with E-state index in [1.54, 1.807) is 14.2 Å². The fraction of sp³-hybridized carbons (Fsp3) is 0.261. The molecule has 1 aliphatic heterocycles. The predicted molar refractivity (Wildman–Crippen MR) is 131 cm³/mol. The number of ether oxygens (including phenoxy) is 1. The van der Waals surface area contributed by atoms with Crippen LogP contribution in [0.25, 0.3) is 11.0 Å². The molecular weight excluding hydrogens is 454 g/mol. The van der Waals surface area contributed by atoms with Gasteiger partial charge in [0.05, 0.1) is 30.0 Å². The van der Waals surface area contributed by atoms with Gasteiger partial charge in [0.1, 0.15) is 10.6 Å². The standard InChI is InChI=1S/C23H25N7O3S/c1-28-16-17(15-24-28)34(31,32)27-22-23(26-19-8-4-3-7-18(19)25-22)30-13-11-29(12-14-30)20-9-5-6-10-21(20)33-2/h3-10,15-16H,11-14H2,1-2H3,(H,25,27). The summed E-state index contributed by atoms with van der Waals surface area (Å²) in [5.41, 5.74) is 2.35. The molecule has 1 N–H and O–H groups in total. The van der Waals surface area contributed by atoms with E-state index in [2.05, 4.69) is 24.6 Å². The van der Waals surface area contributed by atoms with E-state index < -0.39 is 10.0 Å². The van der Waals surface area contributed by atoms with Crippen molar-refractivity contribution in [3.63, 3.8) is 0 Å². The van der Waals surface area contributed by atoms with Crippen molar-refractivity contribution < 1.29 is 13.2 Å². The number of nitrogens with one attached hydrogen (secondary N) is 1. The molecule has 2 aromatic carbocycles. The summed E-state index contributed by atoms with van der Waals surface area (Å²) in [7, 11) is -0.539. The lowest BCUT2D eigenvalue weighted by Gasteiger charge is -2.37. The summed E-state index contributed by atoms with van der Waals surface area (Å²) in [5.74, 6) is 1.53. The third-order valence-electron chi connectivity index (χ3n) is 5.78. The Hall–Kier alpha value is -3.86. The van der Waals surface area contributed by atoms with Crippen molar-refractivity contribution in [2.75, 3.05) is 47.8 Å². The Kier molecular flexibility index (Phi) is 5.70. The molecule has 5 rings (SSSR count). The molecule has 0 bridgehead atoms. The summed E-state index contributed by atoms with van der Waals surface area (Å²) in [6, 6.07) is 15.3. The second kappa shape index (κ2) is 8.82. The third kappa shape index (κ3) is 4.21. The molecule has 11 heteroatoms. The normalized spacial score (nSPS) is 14.4. The predicted octanol–water partition coefficient (Wildman–Crippen LogP) is 2.50. The summed E-state index contributed by atoms with van der Waals surface area (Å²) >= 11 is 0. The van der Waals surface area contributed by atoms with Crippen LogP contribution in [0.3, 0.4) is 0 Å². The first kappa shape index (κ1) is 22.0. The highest BCUT2D eigenvalue weighted by Gasteiger charge is 2.26. The zero-order valence-electron chi connectivity index (χ0n) is 18.9. The first-order valence-electron chi connectivity index (χ1n) is 10.9. The van der Waals surface area contributed by atoms with Crippen LogP contribution in [0.2, 0.25) is 0 Å². The number of fused-ring (bicyclic) bond motifs is 1. The second-order valence-corrected chi connectivity index (χ2v) is 9.67. The van der Waals surface area contributed by atoms with E-state index in [1.807, 2.05) is 48.5 Å². The molecule has 4 aromatic rings. The van der Waals surface area contributed by atoms with Crippen molar-refractivity contribution in [2.24, 2.45) is 7.05 Å². The maximum absolute atomic E-state index is 13.0. The molecule has 1 saturated heterocycles. The Balaban J connectivity index is 1.46. The lowest BCUT2D eigenvalue weighted by molar-refractivity contribution is 0.413. The molecule has 176 valence electrons. The van der Waals surface area contributed by atoms with Crippen LogP contribution < -0.4 is 19.3 Å². The van der Waals surface area contributed by atoms with E-state index in [9.17, 15) is 8.42 Å². The first-order chi connectivity index (χ1) is 16.4. The topological polar surface area (TPSA) is 105 Å². The van der Waals surface area contributed by atoms with E-state index in [-0.39, 0.29) is 10.7 Å². The van der Waals surface area contributed by atoms with Gasteiger partial charge >= 0.3 is 0 Å². The van der Waals surface area contributed by atoms with Crippen molar-refractivity contribution >= 4 is 38.4 Å². The van der Waals surface area contributed by atoms with Crippen molar-refractivity contribution in [3.8, 4) is 5.75 Å². The molecule has 0 aliphatic carbocycles. The SMILES string of the molecule is COc1ccccc1N1CCN(c2nc3ccccc3nc2NS(=O)(=O)c2cnn(C)c2)CC1. The summed E-state index contributed by atoms with van der Waals surface area (Å²) in [6.07, 6.45) is 2.75. The van der Waals surface area contributed by atoms with Gasteiger partial charge < -0.3 is 14.5 Å². The minimum Gasteiger partial charge on any atom is -0.495 e. The van der Waals surface area contributed by atoms with Crippen LogP contribution in [-0.2, 0) is 17.1 Å². The number of piperazine rings is 1. The van der Waals surface area contributed by atoms with Gasteiger partial charge in [0.15, 0.2) is 11.6 Å². The molecule has 34 heavy (non-hydrogen) atoms. The van der Waals surface area contributed by atoms with Gasteiger partial charge in [0.25, 0.3) is 10.0 Å². The number of sulfonamides is 1. The Morgan fingerprint density at radius 1 is 0.912 bits per heavy atom. The fourth-order valence-corrected chi connectivity index (χ4v) is 5.04. The maximum Gasteiger partial charge on any atom is 0.266 e. The van der Waals surface area contributed by atoms with Gasteiger partial charge in [-0.15, -0.1) is 0 Å². The summed E-state index contributed by atoms with van der Waals surface area (Å²) in [5, 5.41) is 3.97. The monoisotopic (exact) mass is 479 g/mol. The number of para-hydroxylation sites is 4. The highest BCUT2D eigenvalue weighted by Crippen LogP contribution is 2.31. The Labute approximate surface area is 197 Å². The number of nitrogens with zero attached hydrogens (tertiary/aromatic N) is 6. The second-order valence-electron chi connectivity index (χ2n) is 7.99. The number of aromatic nitrogens is 4. The molecule has 0 saturated carbocycles. The Bertz CT molecular complexity index is 1430. The quantitative estimate of drug-likeness (QED) is 0.450. The van der Waals surface area contributed by atoms with Gasteiger partial charge in [0.2, 0.25) is 0 Å². The molecule has 1 fully saturated rings. The van der Waals surface area contributed by atoms with Gasteiger partial charge in [0, 0.05) is 39.4 Å². The zero-order chi connectivity index (χ0) is 23.7. The molecule has 2 aromatic heterocycles. The molecule has 0 amide bonds. The highest BCUT2D eigenvalue weighted by atomic mass is 32.2. The lowest BCUT2D eigenvalue weighted by atomic mass is 10.2. The van der Waals surface area contributed by atoms with Crippen molar-refractivity contribution in [1.82, 2.24) is 19.7 Å². The van der Waals surface area contributed by atoms with Crippen LogP contribution in [0.15, 0.2) is 65.8 Å². The van der Waals surface area contributed by atoms with Gasteiger partial charge in [-0.1, -0.05) is 24.3 Å². The number of benzene rings is 2. The number of rotatable bonds is 6. The molecule has 0 radical (unpaired) electrons. The average molecular weight is 480 g/mol. The smallest absolute Gasteiger partial charge is 0.266 e. The minimum atomic E-state index is -3.87. The van der Waals surface area contributed by atoms with E-state index >= 15 is 0 Å². The van der Waals surface area contributed by atoms with Crippen LogP contribution in [0, 0.1) is 0 Å². The molecule has 1 aliphatic rings. The van der Waals surface area contributed by atoms with E-state index in [1.165, 1.54) is 17.1 Å². The van der Waals surface area contributed by atoms with Gasteiger partial charge in [-0.3, -0.25) is 9.40 Å². The summed E-state index contributed by atoms with van der Waals surface area (Å²) in [6.45, 7) is 2.74. The zero-order valence-corrected chi connectivity index (χ0v) is 19.7. The number of hydrogen-bond acceptors (Lipinski definition) is 8. The number of hydrogen-bond donors (Lipinski definition) is 1. The van der Waals surface area contributed by atoms with E-state index in [0.717, 1.165) is 24.5 Å². The van der Waals surface area contributed by atoms with Crippen LogP contribution in [-0.4, -0.2) is 61.5 Å². The highest BCUT2D eigenvalue weighted by molar-refractivity contribution is 7.92. The number of aryl methyl sites for hydroxylation is 1. The summed E-state index contributed by atoms with van der Waals surface area (Å²) in [4.78, 5) is 13.8. The maximum atomic E-state index is 13.0. The number of anilines is 3. The van der Waals surface area contributed by atoms with Crippen LogP contribution in [0.5, 0.6) is 5.75 Å². The van der Waals surface area contributed by atoms with E-state index in [4.69, 9.17) is 9.72 Å². The molecular formula is C23H25N7O3S. The molecule has 10 nitrogen and oxygen atoms in total. The third-order valence-corrected chi connectivity index (χ3v) is 7.07. The number of methoxy groups -OCH3 is 1. The van der Waals surface area contributed by atoms with Crippen molar-refractivity contribution in [2.45, 2.75) is 4.90 Å². The Morgan fingerprint density at radius 3 is 2.24 bits per heavy atom. The van der Waals surface area contributed by atoms with Crippen molar-refractivity contribution in [3.05, 3.63) is 60.9 Å². The van der Waals surface area contributed by atoms with Crippen molar-refractivity contribution in [1.29, 1.82) is 0 Å². The van der Waals surface area contributed by atoms with E-state index in [0.29, 0.717) is 29.9 Å². The fourth-order valence-electron chi connectivity index (χ4n) is 4.05. The molecule has 0 atom stereocenters. The van der Waals surface area contributed by atoms with Crippen LogP contribution >= 0.6 is 0 Å². The lowest BCUT2D eigenvalue weighted by Crippen LogP contribution is -2.47. The van der Waals surface area contributed by atoms with Crippen LogP contribution in [0.4, 0.5) is 17.3 Å². The summed E-state index contributed by atoms with van der Waals surface area (Å²) < 4.78 is 35.6. The molecule has 0 spiro atoms. The largest absolute Gasteiger partial charge is 0.495 e. The van der Waals surface area contributed by atoms with Gasteiger partial charge in [-0.25, -0.2) is 18.4 Å². The van der Waals surface area contributed by atoms with Gasteiger partial charge in [-0.2, -0.15) is 5.10 Å². The van der Waals surface area contributed by atoms with Gasteiger partial charge in [-0.05, 0) is 24.3 Å². The average Bonchev–Trinajstić information content (AvgIpc) is 3.31. The molecule has 3 heterocycles.